The van der Waals surface area contributed by atoms with Crippen molar-refractivity contribution in [2.75, 3.05) is 0 Å². The molecule has 23 heavy (non-hydrogen) atoms. The van der Waals surface area contributed by atoms with E-state index in [1.54, 1.807) is 23.0 Å². The first-order valence-corrected chi connectivity index (χ1v) is 7.56. The summed E-state index contributed by atoms with van der Waals surface area (Å²) in [5.41, 5.74) is 3.37. The van der Waals surface area contributed by atoms with Gasteiger partial charge in [-0.1, -0.05) is 0 Å². The highest BCUT2D eigenvalue weighted by atomic mass is 16.5. The molecule has 6 heteroatoms. The molecule has 6 nitrogen and oxygen atoms in total. The summed E-state index contributed by atoms with van der Waals surface area (Å²) in [4.78, 5) is 16.6. The third kappa shape index (κ3) is 2.52. The SMILES string of the molecule is CC1Cc2cc(C(=O)NCc3cnn4cccnc34)ccc2O1. The Morgan fingerprint density at radius 3 is 3.30 bits per heavy atom. The van der Waals surface area contributed by atoms with Crippen molar-refractivity contribution >= 4 is 11.6 Å². The van der Waals surface area contributed by atoms with Crippen LogP contribution in [0.1, 0.15) is 28.4 Å². The molecule has 0 saturated carbocycles. The minimum Gasteiger partial charge on any atom is -0.490 e. The van der Waals surface area contributed by atoms with Crippen LogP contribution in [-0.2, 0) is 13.0 Å². The van der Waals surface area contributed by atoms with Crippen LogP contribution in [0.2, 0.25) is 0 Å². The second-order valence-electron chi connectivity index (χ2n) is 5.70. The van der Waals surface area contributed by atoms with Crippen molar-refractivity contribution in [1.29, 1.82) is 0 Å². The van der Waals surface area contributed by atoms with Crippen LogP contribution in [0.3, 0.4) is 0 Å². The average Bonchev–Trinajstić information content (AvgIpc) is 3.14. The van der Waals surface area contributed by atoms with Crippen molar-refractivity contribution in [3.63, 3.8) is 0 Å². The van der Waals surface area contributed by atoms with Crippen molar-refractivity contribution in [2.45, 2.75) is 26.0 Å². The standard InChI is InChI=1S/C17H16N4O2/c1-11-7-13-8-12(3-4-15(13)23-11)17(22)19-9-14-10-20-21-6-2-5-18-16(14)21/h2-6,8,10-11H,7,9H2,1H3,(H,19,22). The molecule has 0 saturated heterocycles. The summed E-state index contributed by atoms with van der Waals surface area (Å²) < 4.78 is 7.35. The van der Waals surface area contributed by atoms with E-state index < -0.39 is 0 Å². The molecule has 3 aromatic rings. The molecule has 1 aliphatic heterocycles. The number of carbonyl (C=O) groups is 1. The number of aromatic nitrogens is 3. The van der Waals surface area contributed by atoms with Crippen molar-refractivity contribution in [3.05, 3.63) is 59.5 Å². The molecule has 1 atom stereocenters. The van der Waals surface area contributed by atoms with Gasteiger partial charge in [-0.3, -0.25) is 4.79 Å². The zero-order valence-corrected chi connectivity index (χ0v) is 12.7. The Balaban J connectivity index is 1.49. The lowest BCUT2D eigenvalue weighted by molar-refractivity contribution is 0.0951. The number of ether oxygens (including phenoxy) is 1. The van der Waals surface area contributed by atoms with Gasteiger partial charge < -0.3 is 10.1 Å². The van der Waals surface area contributed by atoms with Crippen LogP contribution < -0.4 is 10.1 Å². The number of nitrogens with zero attached hydrogens (tertiary/aromatic N) is 3. The summed E-state index contributed by atoms with van der Waals surface area (Å²) in [5.74, 6) is 0.767. The van der Waals surface area contributed by atoms with Gasteiger partial charge in [0, 0.05) is 36.5 Å². The smallest absolute Gasteiger partial charge is 0.251 e. The van der Waals surface area contributed by atoms with Gasteiger partial charge in [0.25, 0.3) is 5.91 Å². The maximum Gasteiger partial charge on any atom is 0.251 e. The zero-order chi connectivity index (χ0) is 15.8. The van der Waals surface area contributed by atoms with Gasteiger partial charge in [-0.15, -0.1) is 0 Å². The minimum absolute atomic E-state index is 0.109. The summed E-state index contributed by atoms with van der Waals surface area (Å²) in [6.07, 6.45) is 6.28. The predicted octanol–water partition coefficient (Wildman–Crippen LogP) is 1.98. The van der Waals surface area contributed by atoms with Gasteiger partial charge in [0.2, 0.25) is 0 Å². The number of rotatable bonds is 3. The molecule has 4 rings (SSSR count). The van der Waals surface area contributed by atoms with Crippen LogP contribution >= 0.6 is 0 Å². The van der Waals surface area contributed by atoms with E-state index in [-0.39, 0.29) is 12.0 Å². The maximum absolute atomic E-state index is 12.4. The molecule has 2 aromatic heterocycles. The van der Waals surface area contributed by atoms with Crippen LogP contribution in [0.5, 0.6) is 5.75 Å². The maximum atomic E-state index is 12.4. The molecule has 0 aliphatic carbocycles. The van der Waals surface area contributed by atoms with E-state index in [1.807, 2.05) is 31.3 Å². The van der Waals surface area contributed by atoms with Crippen molar-refractivity contribution in [3.8, 4) is 5.75 Å². The van der Waals surface area contributed by atoms with Gasteiger partial charge in [-0.25, -0.2) is 9.50 Å². The molecule has 0 bridgehead atoms. The van der Waals surface area contributed by atoms with Crippen molar-refractivity contribution < 1.29 is 9.53 Å². The van der Waals surface area contributed by atoms with Gasteiger partial charge in [0.05, 0.1) is 6.20 Å². The second-order valence-corrected chi connectivity index (χ2v) is 5.70. The van der Waals surface area contributed by atoms with E-state index in [4.69, 9.17) is 4.74 Å². The minimum atomic E-state index is -0.109. The van der Waals surface area contributed by atoms with Crippen molar-refractivity contribution in [2.24, 2.45) is 0 Å². The largest absolute Gasteiger partial charge is 0.490 e. The summed E-state index contributed by atoms with van der Waals surface area (Å²) in [6, 6.07) is 7.38. The van der Waals surface area contributed by atoms with Gasteiger partial charge in [-0.2, -0.15) is 5.10 Å². The monoisotopic (exact) mass is 308 g/mol. The second kappa shape index (κ2) is 5.39. The lowest BCUT2D eigenvalue weighted by Gasteiger charge is -2.06. The molecule has 1 aliphatic rings. The Morgan fingerprint density at radius 2 is 2.39 bits per heavy atom. The lowest BCUT2D eigenvalue weighted by Crippen LogP contribution is -2.22. The molecule has 1 aromatic carbocycles. The Bertz CT molecular complexity index is 887. The first-order chi connectivity index (χ1) is 11.2. The molecule has 0 radical (unpaired) electrons. The van der Waals surface area contributed by atoms with Crippen LogP contribution in [-0.4, -0.2) is 26.6 Å². The molecule has 116 valence electrons. The van der Waals surface area contributed by atoms with E-state index in [0.29, 0.717) is 12.1 Å². The van der Waals surface area contributed by atoms with E-state index >= 15 is 0 Å². The number of hydrogen-bond acceptors (Lipinski definition) is 4. The Hall–Kier alpha value is -2.89. The number of amides is 1. The fourth-order valence-electron chi connectivity index (χ4n) is 2.84. The third-order valence-corrected chi connectivity index (χ3v) is 3.95. The molecular formula is C17H16N4O2. The van der Waals surface area contributed by atoms with E-state index in [1.165, 1.54) is 0 Å². The van der Waals surface area contributed by atoms with E-state index in [2.05, 4.69) is 15.4 Å². The van der Waals surface area contributed by atoms with E-state index in [0.717, 1.165) is 28.9 Å². The number of hydrogen-bond donors (Lipinski definition) is 1. The number of carbonyl (C=O) groups excluding carboxylic acids is 1. The molecule has 0 spiro atoms. The Kier molecular flexibility index (Phi) is 3.22. The van der Waals surface area contributed by atoms with Crippen LogP contribution in [0.25, 0.3) is 5.65 Å². The molecule has 1 unspecified atom stereocenters. The highest BCUT2D eigenvalue weighted by Gasteiger charge is 2.20. The van der Waals surface area contributed by atoms with Gasteiger partial charge in [0.15, 0.2) is 5.65 Å². The van der Waals surface area contributed by atoms with Crippen LogP contribution in [0, 0.1) is 0 Å². The topological polar surface area (TPSA) is 68.5 Å². The fraction of sp³-hybridized carbons (Fsp3) is 0.235. The Labute approximate surface area is 133 Å². The fourth-order valence-corrected chi connectivity index (χ4v) is 2.84. The molecule has 1 amide bonds. The average molecular weight is 308 g/mol. The van der Waals surface area contributed by atoms with Gasteiger partial charge in [-0.05, 0) is 36.8 Å². The quantitative estimate of drug-likeness (QED) is 0.803. The van der Waals surface area contributed by atoms with Gasteiger partial charge >= 0.3 is 0 Å². The molecule has 0 fully saturated rings. The first-order valence-electron chi connectivity index (χ1n) is 7.56. The number of fused-ring (bicyclic) bond motifs is 2. The highest BCUT2D eigenvalue weighted by molar-refractivity contribution is 5.94. The zero-order valence-electron chi connectivity index (χ0n) is 12.7. The summed E-state index contributed by atoms with van der Waals surface area (Å²) in [6.45, 7) is 2.42. The number of benzene rings is 1. The summed E-state index contributed by atoms with van der Waals surface area (Å²) in [7, 11) is 0. The lowest BCUT2D eigenvalue weighted by atomic mass is 10.1. The first kappa shape index (κ1) is 13.8. The summed E-state index contributed by atoms with van der Waals surface area (Å²) in [5, 5.41) is 7.13. The summed E-state index contributed by atoms with van der Waals surface area (Å²) >= 11 is 0. The molecular weight excluding hydrogens is 292 g/mol. The predicted molar refractivity (Wildman–Crippen MR) is 84.4 cm³/mol. The van der Waals surface area contributed by atoms with E-state index in [9.17, 15) is 4.79 Å². The van der Waals surface area contributed by atoms with Gasteiger partial charge in [0.1, 0.15) is 11.9 Å². The molecule has 3 heterocycles. The van der Waals surface area contributed by atoms with Crippen LogP contribution in [0.4, 0.5) is 0 Å². The van der Waals surface area contributed by atoms with Crippen molar-refractivity contribution in [1.82, 2.24) is 19.9 Å². The normalized spacial score (nSPS) is 16.1. The van der Waals surface area contributed by atoms with Crippen LogP contribution in [0.15, 0.2) is 42.9 Å². The number of nitrogens with one attached hydrogen (secondary N) is 1. The highest BCUT2D eigenvalue weighted by Crippen LogP contribution is 2.29. The third-order valence-electron chi connectivity index (χ3n) is 3.95. The molecule has 1 N–H and O–H groups in total. The Morgan fingerprint density at radius 1 is 1.48 bits per heavy atom.